The van der Waals surface area contributed by atoms with E-state index in [4.69, 9.17) is 4.99 Å². The maximum atomic E-state index is 4.69. The Bertz CT molecular complexity index is 719. The first-order valence-electron chi connectivity index (χ1n) is 9.39. The zero-order valence-corrected chi connectivity index (χ0v) is 17.6. The van der Waals surface area contributed by atoms with Crippen LogP contribution in [0.5, 0.6) is 0 Å². The number of aromatic nitrogens is 1. The highest BCUT2D eigenvalue weighted by Gasteiger charge is 2.16. The van der Waals surface area contributed by atoms with Crippen molar-refractivity contribution in [2.75, 3.05) is 26.2 Å². The van der Waals surface area contributed by atoms with Gasteiger partial charge in [0.2, 0.25) is 0 Å². The lowest BCUT2D eigenvalue weighted by atomic mass is 10.1. The second-order valence-corrected chi connectivity index (χ2v) is 8.78. The molecule has 0 radical (unpaired) electrons. The minimum absolute atomic E-state index is 0.476. The minimum atomic E-state index is 0.476. The largest absolute Gasteiger partial charge is 0.357 e. The summed E-state index contributed by atoms with van der Waals surface area (Å²) in [6.45, 7) is 12.1. The summed E-state index contributed by atoms with van der Waals surface area (Å²) in [6, 6.07) is 2.27. The van der Waals surface area contributed by atoms with E-state index in [0.29, 0.717) is 12.5 Å². The van der Waals surface area contributed by atoms with Gasteiger partial charge in [0.25, 0.3) is 0 Å². The van der Waals surface area contributed by atoms with Crippen LogP contribution in [-0.2, 0) is 19.5 Å². The van der Waals surface area contributed by atoms with Gasteiger partial charge >= 0.3 is 0 Å². The van der Waals surface area contributed by atoms with Gasteiger partial charge in [-0.2, -0.15) is 0 Å². The molecule has 2 aromatic rings. The van der Waals surface area contributed by atoms with Crippen molar-refractivity contribution in [3.8, 4) is 0 Å². The van der Waals surface area contributed by atoms with E-state index in [1.165, 1.54) is 12.0 Å². The van der Waals surface area contributed by atoms with Crippen LogP contribution in [0.1, 0.15) is 47.8 Å². The van der Waals surface area contributed by atoms with Crippen molar-refractivity contribution >= 4 is 28.6 Å². The van der Waals surface area contributed by atoms with Gasteiger partial charge in [0.15, 0.2) is 5.96 Å². The van der Waals surface area contributed by atoms with Gasteiger partial charge in [-0.05, 0) is 36.3 Å². The molecule has 3 rings (SSSR count). The van der Waals surface area contributed by atoms with E-state index in [-0.39, 0.29) is 0 Å². The number of thiazole rings is 1. The van der Waals surface area contributed by atoms with Crippen molar-refractivity contribution in [2.45, 2.75) is 46.2 Å². The molecule has 142 valence electrons. The molecule has 7 heteroatoms. The standard InChI is InChI=1S/C19H29N5S2/c1-4-20-19(22-11-18-23-16(13-26-18)14(2)3)21-7-9-24-8-5-17-15(12-24)6-10-25-17/h6,10,13-14H,4-5,7-9,11-12H2,1-3H3,(H2,20,21,22). The van der Waals surface area contributed by atoms with E-state index in [0.717, 1.165) is 49.4 Å². The van der Waals surface area contributed by atoms with Crippen LogP contribution < -0.4 is 10.6 Å². The highest BCUT2D eigenvalue weighted by Crippen LogP contribution is 2.23. The van der Waals surface area contributed by atoms with Crippen molar-refractivity contribution in [2.24, 2.45) is 4.99 Å². The predicted molar refractivity (Wildman–Crippen MR) is 112 cm³/mol. The summed E-state index contributed by atoms with van der Waals surface area (Å²) in [4.78, 5) is 13.4. The van der Waals surface area contributed by atoms with Crippen LogP contribution in [0.3, 0.4) is 0 Å². The maximum Gasteiger partial charge on any atom is 0.191 e. The summed E-state index contributed by atoms with van der Waals surface area (Å²) >= 11 is 3.59. The number of hydrogen-bond acceptors (Lipinski definition) is 5. The quantitative estimate of drug-likeness (QED) is 0.561. The van der Waals surface area contributed by atoms with Crippen molar-refractivity contribution in [3.05, 3.63) is 38.0 Å². The summed E-state index contributed by atoms with van der Waals surface area (Å²) in [5, 5.41) is 12.2. The fourth-order valence-electron chi connectivity index (χ4n) is 2.98. The smallest absolute Gasteiger partial charge is 0.191 e. The van der Waals surface area contributed by atoms with E-state index in [1.54, 1.807) is 16.2 Å². The van der Waals surface area contributed by atoms with Crippen LogP contribution in [0.15, 0.2) is 21.8 Å². The van der Waals surface area contributed by atoms with Crippen LogP contribution in [0.4, 0.5) is 0 Å². The zero-order chi connectivity index (χ0) is 18.4. The lowest BCUT2D eigenvalue weighted by Gasteiger charge is -2.27. The number of nitrogens with zero attached hydrogens (tertiary/aromatic N) is 3. The van der Waals surface area contributed by atoms with Gasteiger partial charge in [-0.1, -0.05) is 13.8 Å². The fourth-order valence-corrected chi connectivity index (χ4v) is 4.75. The van der Waals surface area contributed by atoms with Crippen LogP contribution in [0.25, 0.3) is 0 Å². The van der Waals surface area contributed by atoms with Gasteiger partial charge < -0.3 is 10.6 Å². The molecule has 0 aromatic carbocycles. The van der Waals surface area contributed by atoms with E-state index in [2.05, 4.69) is 58.1 Å². The van der Waals surface area contributed by atoms with Crippen LogP contribution in [-0.4, -0.2) is 42.0 Å². The number of guanidine groups is 1. The van der Waals surface area contributed by atoms with Crippen molar-refractivity contribution < 1.29 is 0 Å². The average molecular weight is 392 g/mol. The lowest BCUT2D eigenvalue weighted by Crippen LogP contribution is -2.42. The van der Waals surface area contributed by atoms with E-state index in [1.807, 2.05) is 11.3 Å². The van der Waals surface area contributed by atoms with E-state index >= 15 is 0 Å². The number of fused-ring (bicyclic) bond motifs is 1. The van der Waals surface area contributed by atoms with E-state index < -0.39 is 0 Å². The van der Waals surface area contributed by atoms with Gasteiger partial charge in [0.1, 0.15) is 5.01 Å². The third-order valence-corrected chi connectivity index (χ3v) is 6.36. The van der Waals surface area contributed by atoms with Crippen LogP contribution in [0, 0.1) is 0 Å². The molecule has 1 aliphatic rings. The molecular weight excluding hydrogens is 362 g/mol. The van der Waals surface area contributed by atoms with Crippen molar-refractivity contribution in [1.82, 2.24) is 20.5 Å². The summed E-state index contributed by atoms with van der Waals surface area (Å²) in [5.41, 5.74) is 2.67. The molecule has 0 unspecified atom stereocenters. The molecule has 5 nitrogen and oxygen atoms in total. The molecule has 3 heterocycles. The Morgan fingerprint density at radius 2 is 2.23 bits per heavy atom. The summed E-state index contributed by atoms with van der Waals surface area (Å²) < 4.78 is 0. The molecule has 0 saturated carbocycles. The van der Waals surface area contributed by atoms with Gasteiger partial charge in [0, 0.05) is 43.0 Å². The molecular formula is C19H29N5S2. The zero-order valence-electron chi connectivity index (χ0n) is 15.9. The number of rotatable bonds is 7. The lowest BCUT2D eigenvalue weighted by molar-refractivity contribution is 0.260. The molecule has 0 bridgehead atoms. The summed E-state index contributed by atoms with van der Waals surface area (Å²) in [5.74, 6) is 1.35. The predicted octanol–water partition coefficient (Wildman–Crippen LogP) is 3.44. The fraction of sp³-hybridized carbons (Fsp3) is 0.579. The molecule has 0 atom stereocenters. The van der Waals surface area contributed by atoms with Gasteiger partial charge in [-0.25, -0.2) is 9.98 Å². The summed E-state index contributed by atoms with van der Waals surface area (Å²) in [6.07, 6.45) is 1.18. The summed E-state index contributed by atoms with van der Waals surface area (Å²) in [7, 11) is 0. The minimum Gasteiger partial charge on any atom is -0.357 e. The Kier molecular flexibility index (Phi) is 7.05. The molecule has 0 amide bonds. The topological polar surface area (TPSA) is 52.6 Å². The van der Waals surface area contributed by atoms with Crippen molar-refractivity contribution in [3.63, 3.8) is 0 Å². The molecule has 0 aliphatic carbocycles. The Labute approximate surface area is 164 Å². The first-order valence-corrected chi connectivity index (χ1v) is 11.2. The number of hydrogen-bond donors (Lipinski definition) is 2. The van der Waals surface area contributed by atoms with Gasteiger partial charge in [0.05, 0.1) is 12.2 Å². The van der Waals surface area contributed by atoms with Crippen LogP contribution >= 0.6 is 22.7 Å². The molecule has 2 N–H and O–H groups in total. The first kappa shape index (κ1) is 19.3. The van der Waals surface area contributed by atoms with Gasteiger partial charge in [-0.15, -0.1) is 22.7 Å². The second-order valence-electron chi connectivity index (χ2n) is 6.84. The number of aliphatic imine (C=N–C) groups is 1. The van der Waals surface area contributed by atoms with Gasteiger partial charge in [-0.3, -0.25) is 4.90 Å². The van der Waals surface area contributed by atoms with Crippen molar-refractivity contribution in [1.29, 1.82) is 0 Å². The normalized spacial score (nSPS) is 15.3. The highest BCUT2D eigenvalue weighted by molar-refractivity contribution is 7.10. The Balaban J connectivity index is 1.47. The third kappa shape index (κ3) is 5.28. The molecule has 0 fully saturated rings. The SMILES string of the molecule is CCNC(=NCc1nc(C(C)C)cs1)NCCN1CCc2sccc2C1. The molecule has 0 saturated heterocycles. The number of nitrogens with one attached hydrogen (secondary N) is 2. The molecule has 1 aliphatic heterocycles. The first-order chi connectivity index (χ1) is 12.7. The number of thiophene rings is 1. The molecule has 26 heavy (non-hydrogen) atoms. The Morgan fingerprint density at radius 1 is 1.35 bits per heavy atom. The molecule has 2 aromatic heterocycles. The maximum absolute atomic E-state index is 4.69. The Morgan fingerprint density at radius 3 is 3.00 bits per heavy atom. The average Bonchev–Trinajstić information content (AvgIpc) is 3.28. The monoisotopic (exact) mass is 391 g/mol. The van der Waals surface area contributed by atoms with E-state index in [9.17, 15) is 0 Å². The third-order valence-electron chi connectivity index (χ3n) is 4.48. The van der Waals surface area contributed by atoms with Crippen LogP contribution in [0.2, 0.25) is 0 Å². The Hall–Kier alpha value is -1.44. The second kappa shape index (κ2) is 9.48. The molecule has 0 spiro atoms. The highest BCUT2D eigenvalue weighted by atomic mass is 32.1.